The lowest BCUT2D eigenvalue weighted by molar-refractivity contribution is 0.630. The molecule has 2 nitrogen and oxygen atoms in total. The van der Waals surface area contributed by atoms with E-state index in [-0.39, 0.29) is 5.82 Å². The van der Waals surface area contributed by atoms with Gasteiger partial charge >= 0.3 is 0 Å². The zero-order valence-corrected chi connectivity index (χ0v) is 6.79. The van der Waals surface area contributed by atoms with Crippen LogP contribution in [-0.2, 0) is 6.54 Å². The maximum atomic E-state index is 12.7. The summed E-state index contributed by atoms with van der Waals surface area (Å²) in [6.45, 7) is 2.82. The van der Waals surface area contributed by atoms with E-state index in [1.807, 2.05) is 13.1 Å². The summed E-state index contributed by atoms with van der Waals surface area (Å²) in [5.41, 5.74) is 0.846. The minimum atomic E-state index is -0.210. The summed E-state index contributed by atoms with van der Waals surface area (Å²) < 4.78 is 14.5. The summed E-state index contributed by atoms with van der Waals surface area (Å²) in [7, 11) is 0. The van der Waals surface area contributed by atoms with E-state index >= 15 is 0 Å². The lowest BCUT2D eigenvalue weighted by atomic mass is 10.2. The van der Waals surface area contributed by atoms with Gasteiger partial charge in [0.05, 0.1) is 5.52 Å². The minimum Gasteiger partial charge on any atom is -0.272 e. The van der Waals surface area contributed by atoms with E-state index in [2.05, 4.69) is 5.10 Å². The standard InChI is InChI=1S/C9H9FN2/c1-2-12-6-7-5-8(10)3-4-9(7)11-12/h3-6H,2H2,1H3. The van der Waals surface area contributed by atoms with Gasteiger partial charge in [-0.2, -0.15) is 5.10 Å². The van der Waals surface area contributed by atoms with E-state index in [0.29, 0.717) is 0 Å². The highest BCUT2D eigenvalue weighted by atomic mass is 19.1. The monoisotopic (exact) mass is 164 g/mol. The first-order valence-electron chi connectivity index (χ1n) is 3.92. The van der Waals surface area contributed by atoms with Gasteiger partial charge in [0.25, 0.3) is 0 Å². The number of hydrogen-bond acceptors (Lipinski definition) is 1. The van der Waals surface area contributed by atoms with Crippen LogP contribution in [0, 0.1) is 5.82 Å². The van der Waals surface area contributed by atoms with E-state index in [9.17, 15) is 4.39 Å². The van der Waals surface area contributed by atoms with E-state index in [1.165, 1.54) is 12.1 Å². The van der Waals surface area contributed by atoms with Crippen LogP contribution in [0.3, 0.4) is 0 Å². The molecule has 2 rings (SSSR count). The normalized spacial score (nSPS) is 10.8. The zero-order chi connectivity index (χ0) is 8.55. The van der Waals surface area contributed by atoms with Gasteiger partial charge in [-0.15, -0.1) is 0 Å². The molecule has 62 valence electrons. The predicted molar refractivity (Wildman–Crippen MR) is 45.4 cm³/mol. The third-order valence-corrected chi connectivity index (χ3v) is 1.84. The van der Waals surface area contributed by atoms with Crippen LogP contribution < -0.4 is 0 Å². The Morgan fingerprint density at radius 1 is 1.50 bits per heavy atom. The fourth-order valence-corrected chi connectivity index (χ4v) is 1.21. The predicted octanol–water partition coefficient (Wildman–Crippen LogP) is 2.20. The number of halogens is 1. The first kappa shape index (κ1) is 7.28. The highest BCUT2D eigenvalue weighted by Crippen LogP contribution is 2.13. The summed E-state index contributed by atoms with van der Waals surface area (Å²) in [4.78, 5) is 0. The molecular formula is C9H9FN2. The summed E-state index contributed by atoms with van der Waals surface area (Å²) in [5, 5.41) is 5.08. The molecule has 0 atom stereocenters. The van der Waals surface area contributed by atoms with Gasteiger partial charge in [0.2, 0.25) is 0 Å². The molecule has 0 aliphatic rings. The molecule has 0 saturated heterocycles. The van der Waals surface area contributed by atoms with Crippen molar-refractivity contribution in [2.24, 2.45) is 0 Å². The SMILES string of the molecule is CCn1cc2cc(F)ccc2n1. The Bertz CT molecular complexity index is 406. The van der Waals surface area contributed by atoms with Crippen molar-refractivity contribution in [3.8, 4) is 0 Å². The average Bonchev–Trinajstić information content (AvgIpc) is 2.46. The van der Waals surface area contributed by atoms with Crippen molar-refractivity contribution < 1.29 is 4.39 Å². The molecule has 12 heavy (non-hydrogen) atoms. The molecule has 0 fully saturated rings. The largest absolute Gasteiger partial charge is 0.272 e. The number of benzene rings is 1. The van der Waals surface area contributed by atoms with E-state index in [1.54, 1.807) is 10.7 Å². The van der Waals surface area contributed by atoms with Crippen molar-refractivity contribution in [3.63, 3.8) is 0 Å². The Kier molecular flexibility index (Phi) is 1.57. The Morgan fingerprint density at radius 2 is 2.33 bits per heavy atom. The lowest BCUT2D eigenvalue weighted by Gasteiger charge is -1.88. The number of fused-ring (bicyclic) bond motifs is 1. The fourth-order valence-electron chi connectivity index (χ4n) is 1.21. The minimum absolute atomic E-state index is 0.210. The summed E-state index contributed by atoms with van der Waals surface area (Å²) in [5.74, 6) is -0.210. The molecule has 1 aromatic heterocycles. The number of rotatable bonds is 1. The molecular weight excluding hydrogens is 155 g/mol. The summed E-state index contributed by atoms with van der Waals surface area (Å²) in [6, 6.07) is 4.61. The molecule has 0 unspecified atom stereocenters. The molecule has 3 heteroatoms. The lowest BCUT2D eigenvalue weighted by Crippen LogP contribution is -1.92. The third-order valence-electron chi connectivity index (χ3n) is 1.84. The Labute approximate surface area is 69.6 Å². The van der Waals surface area contributed by atoms with Crippen LogP contribution in [0.2, 0.25) is 0 Å². The Hall–Kier alpha value is -1.38. The smallest absolute Gasteiger partial charge is 0.124 e. The first-order valence-corrected chi connectivity index (χ1v) is 3.92. The van der Waals surface area contributed by atoms with Crippen LogP contribution in [0.25, 0.3) is 10.9 Å². The average molecular weight is 164 g/mol. The van der Waals surface area contributed by atoms with Crippen LogP contribution in [0.1, 0.15) is 6.92 Å². The van der Waals surface area contributed by atoms with Crippen molar-refractivity contribution in [2.75, 3.05) is 0 Å². The summed E-state index contributed by atoms with van der Waals surface area (Å²) in [6.07, 6.45) is 1.85. The molecule has 1 aromatic carbocycles. The van der Waals surface area contributed by atoms with Crippen molar-refractivity contribution in [2.45, 2.75) is 13.5 Å². The van der Waals surface area contributed by atoms with Gasteiger partial charge < -0.3 is 0 Å². The van der Waals surface area contributed by atoms with Crippen molar-refractivity contribution in [1.29, 1.82) is 0 Å². The molecule has 0 spiro atoms. The van der Waals surface area contributed by atoms with Crippen molar-refractivity contribution in [3.05, 3.63) is 30.2 Å². The molecule has 0 bridgehead atoms. The number of hydrogen-bond donors (Lipinski definition) is 0. The van der Waals surface area contributed by atoms with Gasteiger partial charge in [-0.25, -0.2) is 4.39 Å². The van der Waals surface area contributed by atoms with Crippen LogP contribution >= 0.6 is 0 Å². The first-order chi connectivity index (χ1) is 5.79. The maximum Gasteiger partial charge on any atom is 0.124 e. The Balaban J connectivity index is 2.67. The third kappa shape index (κ3) is 1.07. The maximum absolute atomic E-state index is 12.7. The summed E-state index contributed by atoms with van der Waals surface area (Å²) >= 11 is 0. The molecule has 0 aliphatic carbocycles. The molecule has 0 amide bonds. The number of aryl methyl sites for hydroxylation is 1. The van der Waals surface area contributed by atoms with Gasteiger partial charge in [0.15, 0.2) is 0 Å². The van der Waals surface area contributed by atoms with Crippen molar-refractivity contribution >= 4 is 10.9 Å². The number of nitrogens with zero attached hydrogens (tertiary/aromatic N) is 2. The highest BCUT2D eigenvalue weighted by Gasteiger charge is 1.99. The van der Waals surface area contributed by atoms with E-state index in [0.717, 1.165) is 17.4 Å². The van der Waals surface area contributed by atoms with E-state index < -0.39 is 0 Å². The topological polar surface area (TPSA) is 17.8 Å². The number of aromatic nitrogens is 2. The van der Waals surface area contributed by atoms with Crippen molar-refractivity contribution in [1.82, 2.24) is 9.78 Å². The second-order valence-corrected chi connectivity index (χ2v) is 2.69. The second-order valence-electron chi connectivity index (χ2n) is 2.69. The zero-order valence-electron chi connectivity index (χ0n) is 6.79. The fraction of sp³-hybridized carbons (Fsp3) is 0.222. The van der Waals surface area contributed by atoms with Gasteiger partial charge in [-0.1, -0.05) is 0 Å². The van der Waals surface area contributed by atoms with Gasteiger partial charge in [0, 0.05) is 18.1 Å². The molecule has 0 radical (unpaired) electrons. The Morgan fingerprint density at radius 3 is 3.08 bits per heavy atom. The molecule has 1 heterocycles. The van der Waals surface area contributed by atoms with Crippen LogP contribution in [0.15, 0.2) is 24.4 Å². The quantitative estimate of drug-likeness (QED) is 0.631. The molecule has 0 N–H and O–H groups in total. The molecule has 0 saturated carbocycles. The van der Waals surface area contributed by atoms with E-state index in [4.69, 9.17) is 0 Å². The highest BCUT2D eigenvalue weighted by molar-refractivity contribution is 5.77. The second kappa shape index (κ2) is 2.59. The van der Waals surface area contributed by atoms with Crippen LogP contribution in [0.4, 0.5) is 4.39 Å². The van der Waals surface area contributed by atoms with Gasteiger partial charge in [0.1, 0.15) is 5.82 Å². The van der Waals surface area contributed by atoms with Crippen LogP contribution in [-0.4, -0.2) is 9.78 Å². The van der Waals surface area contributed by atoms with Crippen LogP contribution in [0.5, 0.6) is 0 Å². The van der Waals surface area contributed by atoms with Gasteiger partial charge in [-0.05, 0) is 25.1 Å². The van der Waals surface area contributed by atoms with Gasteiger partial charge in [-0.3, -0.25) is 4.68 Å². The molecule has 2 aromatic rings. The molecule has 0 aliphatic heterocycles.